The standard InChI is InChI=1S/C14H11ClN4O2/c1-8-11(6-16)13(20)18-14(21)12(8)7-17-19-10-4-2-3-9(15)5-10/h2-5,7,19H,1H3,(H2,18,20,21)/b17-7+. The van der Waals surface area contributed by atoms with Gasteiger partial charge in [-0.1, -0.05) is 17.7 Å². The van der Waals surface area contributed by atoms with Gasteiger partial charge >= 0.3 is 0 Å². The van der Waals surface area contributed by atoms with Crippen molar-refractivity contribution >= 4 is 23.5 Å². The maximum Gasteiger partial charge on any atom is 0.268 e. The number of aromatic nitrogens is 1. The maximum atomic E-state index is 11.5. The number of hydrogen-bond acceptors (Lipinski definition) is 5. The van der Waals surface area contributed by atoms with Gasteiger partial charge < -0.3 is 5.11 Å². The minimum absolute atomic E-state index is 0.0583. The Morgan fingerprint density at radius 3 is 2.95 bits per heavy atom. The van der Waals surface area contributed by atoms with Gasteiger partial charge in [-0.05, 0) is 30.7 Å². The van der Waals surface area contributed by atoms with Crippen molar-refractivity contribution in [3.63, 3.8) is 0 Å². The van der Waals surface area contributed by atoms with E-state index in [9.17, 15) is 9.90 Å². The number of aromatic amines is 1. The zero-order valence-electron chi connectivity index (χ0n) is 11.0. The first-order valence-corrected chi connectivity index (χ1v) is 6.31. The lowest BCUT2D eigenvalue weighted by Gasteiger charge is -2.05. The molecule has 2 aromatic rings. The van der Waals surface area contributed by atoms with Gasteiger partial charge in [0.1, 0.15) is 11.6 Å². The summed E-state index contributed by atoms with van der Waals surface area (Å²) in [5, 5.41) is 23.2. The number of halogens is 1. The second-order valence-electron chi connectivity index (χ2n) is 4.21. The molecule has 106 valence electrons. The Bertz CT molecular complexity index is 806. The van der Waals surface area contributed by atoms with Crippen molar-refractivity contribution in [1.29, 1.82) is 5.26 Å². The SMILES string of the molecule is Cc1c(/C=N/Nc2cccc(Cl)c2)c(O)[nH]c(=O)c1C#N. The molecule has 6 nitrogen and oxygen atoms in total. The Morgan fingerprint density at radius 2 is 2.29 bits per heavy atom. The zero-order chi connectivity index (χ0) is 15.4. The van der Waals surface area contributed by atoms with Crippen LogP contribution in [0.1, 0.15) is 16.7 Å². The highest BCUT2D eigenvalue weighted by Crippen LogP contribution is 2.17. The lowest BCUT2D eigenvalue weighted by Crippen LogP contribution is -2.14. The fourth-order valence-corrected chi connectivity index (χ4v) is 1.93. The van der Waals surface area contributed by atoms with E-state index in [2.05, 4.69) is 15.5 Å². The summed E-state index contributed by atoms with van der Waals surface area (Å²) in [5.41, 5.74) is 3.34. The third-order valence-electron chi connectivity index (χ3n) is 2.82. The van der Waals surface area contributed by atoms with Crippen LogP contribution in [0.3, 0.4) is 0 Å². The second-order valence-corrected chi connectivity index (χ2v) is 4.64. The first kappa shape index (κ1) is 14.6. The first-order chi connectivity index (χ1) is 10.0. The molecule has 1 aromatic carbocycles. The molecule has 0 bridgehead atoms. The predicted octanol–water partition coefficient (Wildman–Crippen LogP) is 2.36. The van der Waals surface area contributed by atoms with Gasteiger partial charge in [0.25, 0.3) is 5.56 Å². The summed E-state index contributed by atoms with van der Waals surface area (Å²) in [6.45, 7) is 1.56. The number of benzene rings is 1. The van der Waals surface area contributed by atoms with Crippen LogP contribution >= 0.6 is 11.6 Å². The van der Waals surface area contributed by atoms with Gasteiger partial charge in [0.2, 0.25) is 5.88 Å². The highest BCUT2D eigenvalue weighted by Gasteiger charge is 2.12. The molecular formula is C14H11ClN4O2. The molecule has 0 amide bonds. The molecule has 0 aliphatic heterocycles. The summed E-state index contributed by atoms with van der Waals surface area (Å²) >= 11 is 5.84. The van der Waals surface area contributed by atoms with Crippen LogP contribution in [-0.2, 0) is 0 Å². The molecule has 21 heavy (non-hydrogen) atoms. The van der Waals surface area contributed by atoms with Crippen LogP contribution in [0.5, 0.6) is 5.88 Å². The van der Waals surface area contributed by atoms with Crippen molar-refractivity contribution in [3.8, 4) is 11.9 Å². The molecule has 1 aromatic heterocycles. The van der Waals surface area contributed by atoms with Crippen LogP contribution in [0, 0.1) is 18.3 Å². The molecule has 0 saturated carbocycles. The summed E-state index contributed by atoms with van der Waals surface area (Å²) < 4.78 is 0. The highest BCUT2D eigenvalue weighted by atomic mass is 35.5. The van der Waals surface area contributed by atoms with Crippen molar-refractivity contribution in [3.05, 3.63) is 56.3 Å². The van der Waals surface area contributed by atoms with E-state index >= 15 is 0 Å². The molecule has 0 saturated heterocycles. The third-order valence-corrected chi connectivity index (χ3v) is 3.05. The highest BCUT2D eigenvalue weighted by molar-refractivity contribution is 6.30. The van der Waals surface area contributed by atoms with E-state index in [0.29, 0.717) is 16.3 Å². The smallest absolute Gasteiger partial charge is 0.268 e. The number of pyridine rings is 1. The molecule has 0 atom stereocenters. The summed E-state index contributed by atoms with van der Waals surface area (Å²) in [5.74, 6) is -0.340. The minimum Gasteiger partial charge on any atom is -0.494 e. The van der Waals surface area contributed by atoms with Crippen LogP contribution < -0.4 is 11.0 Å². The van der Waals surface area contributed by atoms with Gasteiger partial charge in [-0.15, -0.1) is 0 Å². The second kappa shape index (κ2) is 6.11. The molecule has 0 radical (unpaired) electrons. The van der Waals surface area contributed by atoms with E-state index < -0.39 is 5.56 Å². The Kier molecular flexibility index (Phi) is 4.26. The Hall–Kier alpha value is -2.78. The van der Waals surface area contributed by atoms with Crippen molar-refractivity contribution in [1.82, 2.24) is 4.98 Å². The van der Waals surface area contributed by atoms with Crippen molar-refractivity contribution < 1.29 is 5.11 Å². The number of nitriles is 1. The van der Waals surface area contributed by atoms with E-state index in [1.54, 1.807) is 37.3 Å². The Balaban J connectivity index is 2.30. The van der Waals surface area contributed by atoms with Crippen molar-refractivity contribution in [2.24, 2.45) is 5.10 Å². The molecule has 0 fully saturated rings. The molecule has 3 N–H and O–H groups in total. The molecule has 7 heteroatoms. The zero-order valence-corrected chi connectivity index (χ0v) is 11.8. The van der Waals surface area contributed by atoms with Gasteiger partial charge in [-0.2, -0.15) is 10.4 Å². The van der Waals surface area contributed by atoms with Gasteiger partial charge in [0, 0.05) is 5.02 Å². The topological polar surface area (TPSA) is 101 Å². The van der Waals surface area contributed by atoms with Gasteiger partial charge in [0.15, 0.2) is 0 Å². The van der Waals surface area contributed by atoms with E-state index in [1.165, 1.54) is 6.21 Å². The Labute approximate surface area is 125 Å². The number of aromatic hydroxyl groups is 1. The van der Waals surface area contributed by atoms with E-state index in [1.807, 2.05) is 0 Å². The lowest BCUT2D eigenvalue weighted by atomic mass is 10.1. The number of hydrazone groups is 1. The fraction of sp³-hybridized carbons (Fsp3) is 0.0714. The largest absolute Gasteiger partial charge is 0.494 e. The van der Waals surface area contributed by atoms with Crippen LogP contribution in [0.15, 0.2) is 34.2 Å². The number of nitrogens with zero attached hydrogens (tertiary/aromatic N) is 2. The molecule has 0 aliphatic carbocycles. The molecule has 2 rings (SSSR count). The van der Waals surface area contributed by atoms with Crippen LogP contribution in [0.4, 0.5) is 5.69 Å². The molecular weight excluding hydrogens is 292 g/mol. The average Bonchev–Trinajstić information content (AvgIpc) is 2.43. The average molecular weight is 303 g/mol. The number of anilines is 1. The van der Waals surface area contributed by atoms with Gasteiger partial charge in [-0.25, -0.2) is 0 Å². The van der Waals surface area contributed by atoms with E-state index in [0.717, 1.165) is 0 Å². The number of nitrogens with one attached hydrogen (secondary N) is 2. The summed E-state index contributed by atoms with van der Waals surface area (Å²) in [4.78, 5) is 13.7. The van der Waals surface area contributed by atoms with Gasteiger partial charge in [-0.3, -0.25) is 15.2 Å². The number of H-pyrrole nitrogens is 1. The monoisotopic (exact) mass is 302 g/mol. The molecule has 1 heterocycles. The first-order valence-electron chi connectivity index (χ1n) is 5.93. The molecule has 0 spiro atoms. The molecule has 0 aliphatic rings. The number of hydrogen-bond donors (Lipinski definition) is 3. The quantitative estimate of drug-likeness (QED) is 0.598. The van der Waals surface area contributed by atoms with Crippen molar-refractivity contribution in [2.45, 2.75) is 6.92 Å². The summed E-state index contributed by atoms with van der Waals surface area (Å²) in [7, 11) is 0. The third kappa shape index (κ3) is 3.22. The van der Waals surface area contributed by atoms with Crippen LogP contribution in [0.2, 0.25) is 5.02 Å². The number of rotatable bonds is 3. The van der Waals surface area contributed by atoms with Crippen LogP contribution in [0.25, 0.3) is 0 Å². The minimum atomic E-state index is -0.632. The van der Waals surface area contributed by atoms with Crippen LogP contribution in [-0.4, -0.2) is 16.3 Å². The molecule has 0 unspecified atom stereocenters. The predicted molar refractivity (Wildman–Crippen MR) is 80.8 cm³/mol. The van der Waals surface area contributed by atoms with Crippen molar-refractivity contribution in [2.75, 3.05) is 5.43 Å². The fourth-order valence-electron chi connectivity index (χ4n) is 1.74. The normalized spacial score (nSPS) is 10.5. The van der Waals surface area contributed by atoms with E-state index in [-0.39, 0.29) is 17.0 Å². The summed E-state index contributed by atoms with van der Waals surface area (Å²) in [6, 6.07) is 8.73. The Morgan fingerprint density at radius 1 is 1.52 bits per heavy atom. The van der Waals surface area contributed by atoms with E-state index in [4.69, 9.17) is 16.9 Å². The lowest BCUT2D eigenvalue weighted by molar-refractivity contribution is 0.450. The maximum absolute atomic E-state index is 11.5. The summed E-state index contributed by atoms with van der Waals surface area (Å²) in [6.07, 6.45) is 1.32. The van der Waals surface area contributed by atoms with Gasteiger partial charge in [0.05, 0.1) is 17.5 Å².